The Balaban J connectivity index is 1.67. The van der Waals surface area contributed by atoms with Gasteiger partial charge in [0.25, 0.3) is 11.8 Å². The molecule has 3 aromatic rings. The number of anilines is 1. The predicted molar refractivity (Wildman–Crippen MR) is 103 cm³/mol. The van der Waals surface area contributed by atoms with Crippen LogP contribution < -0.4 is 10.6 Å². The molecule has 2 N–H and O–H groups in total. The van der Waals surface area contributed by atoms with Gasteiger partial charge in [-0.05, 0) is 55.0 Å². The van der Waals surface area contributed by atoms with E-state index in [4.69, 9.17) is 4.42 Å². The Kier molecular flexibility index (Phi) is 5.53. The molecule has 6 heteroatoms. The first-order valence-corrected chi connectivity index (χ1v) is 8.80. The van der Waals surface area contributed by atoms with Gasteiger partial charge < -0.3 is 15.1 Å². The summed E-state index contributed by atoms with van der Waals surface area (Å²) in [6, 6.07) is 15.7. The van der Waals surface area contributed by atoms with Crippen LogP contribution in [-0.4, -0.2) is 11.8 Å². The van der Waals surface area contributed by atoms with Gasteiger partial charge in [0.15, 0.2) is 0 Å². The zero-order valence-electron chi connectivity index (χ0n) is 14.1. The number of carbonyl (C=O) groups is 2. The minimum atomic E-state index is -0.240. The van der Waals surface area contributed by atoms with E-state index in [-0.39, 0.29) is 11.8 Å². The third-order valence-corrected chi connectivity index (χ3v) is 4.67. The second kappa shape index (κ2) is 8.01. The van der Waals surface area contributed by atoms with Crippen LogP contribution in [0.3, 0.4) is 0 Å². The van der Waals surface area contributed by atoms with E-state index in [1.165, 1.54) is 0 Å². The summed E-state index contributed by atoms with van der Waals surface area (Å²) < 4.78 is 6.06. The molecular weight excluding hydrogens is 396 g/mol. The van der Waals surface area contributed by atoms with Crippen molar-refractivity contribution in [3.8, 4) is 0 Å². The molecule has 0 fully saturated rings. The topological polar surface area (TPSA) is 71.3 Å². The number of carbonyl (C=O) groups excluding carboxylic acids is 2. The molecule has 0 aliphatic heterocycles. The Morgan fingerprint density at radius 3 is 2.54 bits per heavy atom. The normalized spacial score (nSPS) is 10.4. The van der Waals surface area contributed by atoms with E-state index in [1.54, 1.807) is 54.8 Å². The van der Waals surface area contributed by atoms with Crippen molar-refractivity contribution >= 4 is 33.4 Å². The van der Waals surface area contributed by atoms with Crippen LogP contribution in [0, 0.1) is 6.92 Å². The maximum atomic E-state index is 12.4. The maximum Gasteiger partial charge on any atom is 0.255 e. The van der Waals surface area contributed by atoms with Crippen molar-refractivity contribution in [1.29, 1.82) is 0 Å². The molecule has 3 rings (SSSR count). The number of benzene rings is 2. The highest BCUT2D eigenvalue weighted by Crippen LogP contribution is 2.19. The van der Waals surface area contributed by atoms with E-state index in [1.807, 2.05) is 13.0 Å². The highest BCUT2D eigenvalue weighted by Gasteiger charge is 2.10. The average molecular weight is 413 g/mol. The van der Waals surface area contributed by atoms with Gasteiger partial charge in [0.1, 0.15) is 5.76 Å². The highest BCUT2D eigenvalue weighted by molar-refractivity contribution is 9.10. The largest absolute Gasteiger partial charge is 0.467 e. The number of amides is 2. The van der Waals surface area contributed by atoms with Crippen LogP contribution >= 0.6 is 15.9 Å². The van der Waals surface area contributed by atoms with Crippen molar-refractivity contribution in [3.63, 3.8) is 0 Å². The smallest absolute Gasteiger partial charge is 0.255 e. The third kappa shape index (κ3) is 4.40. The SMILES string of the molecule is Cc1ccc(C(=O)Nc2cccc(C(=O)NCc3ccco3)c2)cc1Br. The maximum absolute atomic E-state index is 12.4. The molecule has 0 bridgehead atoms. The molecule has 2 amide bonds. The van der Waals surface area contributed by atoms with E-state index >= 15 is 0 Å². The van der Waals surface area contributed by atoms with Crippen LogP contribution in [0.4, 0.5) is 5.69 Å². The van der Waals surface area contributed by atoms with Crippen molar-refractivity contribution in [2.75, 3.05) is 5.32 Å². The molecule has 1 heterocycles. The first kappa shape index (κ1) is 17.9. The molecule has 132 valence electrons. The van der Waals surface area contributed by atoms with Gasteiger partial charge >= 0.3 is 0 Å². The Morgan fingerprint density at radius 1 is 1.00 bits per heavy atom. The van der Waals surface area contributed by atoms with Gasteiger partial charge in [0, 0.05) is 21.3 Å². The van der Waals surface area contributed by atoms with Gasteiger partial charge in [-0.2, -0.15) is 0 Å². The summed E-state index contributed by atoms with van der Waals surface area (Å²) in [6.45, 7) is 2.26. The monoisotopic (exact) mass is 412 g/mol. The minimum absolute atomic E-state index is 0.237. The van der Waals surface area contributed by atoms with Crippen molar-refractivity contribution in [2.24, 2.45) is 0 Å². The Labute approximate surface area is 159 Å². The lowest BCUT2D eigenvalue weighted by atomic mass is 10.1. The summed E-state index contributed by atoms with van der Waals surface area (Å²) in [6.07, 6.45) is 1.56. The fourth-order valence-corrected chi connectivity index (χ4v) is 2.74. The Hall–Kier alpha value is -2.86. The summed E-state index contributed by atoms with van der Waals surface area (Å²) in [4.78, 5) is 24.7. The summed E-state index contributed by atoms with van der Waals surface area (Å²) in [5.74, 6) is 0.196. The Morgan fingerprint density at radius 2 is 1.81 bits per heavy atom. The summed E-state index contributed by atoms with van der Waals surface area (Å²) >= 11 is 3.42. The van der Waals surface area contributed by atoms with Crippen molar-refractivity contribution in [3.05, 3.63) is 87.8 Å². The van der Waals surface area contributed by atoms with Gasteiger partial charge in [-0.3, -0.25) is 9.59 Å². The third-order valence-electron chi connectivity index (χ3n) is 3.82. The molecule has 0 spiro atoms. The number of rotatable bonds is 5. The fourth-order valence-electron chi connectivity index (χ4n) is 2.36. The number of nitrogens with one attached hydrogen (secondary N) is 2. The van der Waals surface area contributed by atoms with E-state index in [9.17, 15) is 9.59 Å². The fraction of sp³-hybridized carbons (Fsp3) is 0.100. The number of hydrogen-bond donors (Lipinski definition) is 2. The molecule has 2 aromatic carbocycles. The predicted octanol–water partition coefficient (Wildman–Crippen LogP) is 4.53. The lowest BCUT2D eigenvalue weighted by Gasteiger charge is -2.09. The van der Waals surface area contributed by atoms with E-state index in [2.05, 4.69) is 26.6 Å². The van der Waals surface area contributed by atoms with Crippen LogP contribution in [-0.2, 0) is 6.54 Å². The zero-order chi connectivity index (χ0) is 18.5. The summed E-state index contributed by atoms with van der Waals surface area (Å²) in [5.41, 5.74) is 2.60. The van der Waals surface area contributed by atoms with Crippen LogP contribution in [0.15, 0.2) is 69.8 Å². The van der Waals surface area contributed by atoms with Gasteiger partial charge in [-0.1, -0.05) is 28.1 Å². The second-order valence-electron chi connectivity index (χ2n) is 5.76. The first-order chi connectivity index (χ1) is 12.5. The molecule has 1 aromatic heterocycles. The summed E-state index contributed by atoms with van der Waals surface area (Å²) in [5, 5.41) is 5.59. The number of aryl methyl sites for hydroxylation is 1. The van der Waals surface area contributed by atoms with Crippen molar-refractivity contribution in [2.45, 2.75) is 13.5 Å². The molecule has 0 radical (unpaired) electrons. The van der Waals surface area contributed by atoms with Gasteiger partial charge in [-0.25, -0.2) is 0 Å². The lowest BCUT2D eigenvalue weighted by molar-refractivity contribution is 0.0946. The molecule has 0 unspecified atom stereocenters. The van der Waals surface area contributed by atoms with E-state index in [0.717, 1.165) is 10.0 Å². The molecule has 0 saturated carbocycles. The average Bonchev–Trinajstić information content (AvgIpc) is 3.15. The summed E-state index contributed by atoms with van der Waals surface area (Å²) in [7, 11) is 0. The van der Waals surface area contributed by atoms with Crippen LogP contribution in [0.1, 0.15) is 32.0 Å². The van der Waals surface area contributed by atoms with Gasteiger partial charge in [0.05, 0.1) is 12.8 Å². The van der Waals surface area contributed by atoms with Crippen molar-refractivity contribution in [1.82, 2.24) is 5.32 Å². The first-order valence-electron chi connectivity index (χ1n) is 8.01. The number of furan rings is 1. The molecule has 0 aliphatic rings. The standard InChI is InChI=1S/C20H17BrN2O3/c1-13-7-8-15(11-18(13)21)20(25)23-16-5-2-4-14(10-16)19(24)22-12-17-6-3-9-26-17/h2-11H,12H2,1H3,(H,22,24)(H,23,25). The lowest BCUT2D eigenvalue weighted by Crippen LogP contribution is -2.22. The zero-order valence-corrected chi connectivity index (χ0v) is 15.7. The van der Waals surface area contributed by atoms with Gasteiger partial charge in [0.2, 0.25) is 0 Å². The van der Waals surface area contributed by atoms with Crippen LogP contribution in [0.2, 0.25) is 0 Å². The Bertz CT molecular complexity index is 936. The van der Waals surface area contributed by atoms with E-state index < -0.39 is 0 Å². The number of hydrogen-bond acceptors (Lipinski definition) is 3. The van der Waals surface area contributed by atoms with Crippen LogP contribution in [0.5, 0.6) is 0 Å². The quantitative estimate of drug-likeness (QED) is 0.646. The van der Waals surface area contributed by atoms with Crippen molar-refractivity contribution < 1.29 is 14.0 Å². The van der Waals surface area contributed by atoms with E-state index in [0.29, 0.717) is 29.1 Å². The minimum Gasteiger partial charge on any atom is -0.467 e. The number of halogens is 1. The van der Waals surface area contributed by atoms with Crippen LogP contribution in [0.25, 0.3) is 0 Å². The van der Waals surface area contributed by atoms with Gasteiger partial charge in [-0.15, -0.1) is 0 Å². The second-order valence-corrected chi connectivity index (χ2v) is 6.62. The molecular formula is C20H17BrN2O3. The molecule has 0 atom stereocenters. The molecule has 5 nitrogen and oxygen atoms in total. The molecule has 26 heavy (non-hydrogen) atoms. The highest BCUT2D eigenvalue weighted by atomic mass is 79.9. The molecule has 0 aliphatic carbocycles. The molecule has 0 saturated heterocycles.